The molecule has 78 valence electrons. The van der Waals surface area contributed by atoms with Crippen LogP contribution in [0.2, 0.25) is 0 Å². The number of methoxy groups -OCH3 is 1. The minimum absolute atomic E-state index is 0.561. The number of aryl methyl sites for hydroxylation is 2. The van der Waals surface area contributed by atoms with Gasteiger partial charge in [0.05, 0.1) is 11.3 Å². The van der Waals surface area contributed by atoms with E-state index in [4.69, 9.17) is 0 Å². The van der Waals surface area contributed by atoms with E-state index in [0.717, 1.165) is 18.6 Å². The monoisotopic (exact) mass is 196 g/mol. The molecule has 4 nitrogen and oxygen atoms in total. The number of hydrogen-bond donors (Lipinski definition) is 0. The third-order valence-corrected chi connectivity index (χ3v) is 1.55. The van der Waals surface area contributed by atoms with E-state index >= 15 is 0 Å². The molecule has 0 aliphatic rings. The van der Waals surface area contributed by atoms with E-state index in [9.17, 15) is 4.79 Å². The summed E-state index contributed by atoms with van der Waals surface area (Å²) in [7, 11) is 1.68. The number of hydrogen-bond acceptors (Lipinski definition) is 4. The fraction of sp³-hybridized carbons (Fsp3) is 0.500. The molecule has 0 aliphatic heterocycles. The van der Waals surface area contributed by atoms with Gasteiger partial charge in [-0.15, -0.1) is 0 Å². The zero-order valence-electron chi connectivity index (χ0n) is 9.07. The highest BCUT2D eigenvalue weighted by molar-refractivity contribution is 5.75. The standard InChI is InChI=1S/C7H8N2O.C3H8O/c1-5-7(4-10)3-8-6(2)9-5;1-3-4-2/h3-4H,1-2H3;3H2,1-2H3. The zero-order valence-corrected chi connectivity index (χ0v) is 9.07. The molecule has 1 rings (SSSR count). The number of aromatic nitrogens is 2. The Hall–Kier alpha value is -1.29. The molecule has 0 aromatic carbocycles. The first-order valence-electron chi connectivity index (χ1n) is 4.40. The maximum absolute atomic E-state index is 10.3. The van der Waals surface area contributed by atoms with Gasteiger partial charge in [-0.25, -0.2) is 9.97 Å². The third-order valence-electron chi connectivity index (χ3n) is 1.55. The first-order valence-corrected chi connectivity index (χ1v) is 4.40. The highest BCUT2D eigenvalue weighted by atomic mass is 16.5. The molecule has 0 aliphatic carbocycles. The Kier molecular flexibility index (Phi) is 6.49. The predicted molar refractivity (Wildman–Crippen MR) is 54.4 cm³/mol. The fourth-order valence-corrected chi connectivity index (χ4v) is 0.708. The van der Waals surface area contributed by atoms with Crippen molar-refractivity contribution in [2.24, 2.45) is 0 Å². The van der Waals surface area contributed by atoms with Crippen molar-refractivity contribution in [3.63, 3.8) is 0 Å². The van der Waals surface area contributed by atoms with Gasteiger partial charge >= 0.3 is 0 Å². The van der Waals surface area contributed by atoms with E-state index in [1.54, 1.807) is 21.0 Å². The molecule has 14 heavy (non-hydrogen) atoms. The zero-order chi connectivity index (χ0) is 11.0. The molecule has 1 aromatic rings. The normalized spacial score (nSPS) is 8.86. The van der Waals surface area contributed by atoms with Crippen molar-refractivity contribution in [2.75, 3.05) is 13.7 Å². The van der Waals surface area contributed by atoms with E-state index in [-0.39, 0.29) is 0 Å². The van der Waals surface area contributed by atoms with Crippen LogP contribution in [0.1, 0.15) is 28.8 Å². The molecule has 0 spiro atoms. The number of ether oxygens (including phenoxy) is 1. The number of carbonyl (C=O) groups is 1. The van der Waals surface area contributed by atoms with Gasteiger partial charge in [-0.2, -0.15) is 0 Å². The average molecular weight is 196 g/mol. The lowest BCUT2D eigenvalue weighted by Crippen LogP contribution is -1.95. The quantitative estimate of drug-likeness (QED) is 0.673. The summed E-state index contributed by atoms with van der Waals surface area (Å²) in [5.74, 6) is 0.697. The largest absolute Gasteiger partial charge is 0.385 e. The van der Waals surface area contributed by atoms with Gasteiger partial charge in [0.2, 0.25) is 0 Å². The van der Waals surface area contributed by atoms with Crippen molar-refractivity contribution in [1.29, 1.82) is 0 Å². The average Bonchev–Trinajstić information content (AvgIpc) is 2.18. The number of rotatable bonds is 2. The third kappa shape index (κ3) is 4.67. The van der Waals surface area contributed by atoms with Crippen LogP contribution in [-0.4, -0.2) is 30.0 Å². The number of carbonyl (C=O) groups excluding carboxylic acids is 1. The van der Waals surface area contributed by atoms with Crippen LogP contribution in [0.4, 0.5) is 0 Å². The maximum Gasteiger partial charge on any atom is 0.153 e. The summed E-state index contributed by atoms with van der Waals surface area (Å²) in [5, 5.41) is 0. The second-order valence-corrected chi connectivity index (χ2v) is 2.65. The van der Waals surface area contributed by atoms with Crippen molar-refractivity contribution >= 4 is 6.29 Å². The second-order valence-electron chi connectivity index (χ2n) is 2.65. The number of nitrogens with zero attached hydrogens (tertiary/aromatic N) is 2. The van der Waals surface area contributed by atoms with Gasteiger partial charge in [0.25, 0.3) is 0 Å². The van der Waals surface area contributed by atoms with Gasteiger partial charge in [0.1, 0.15) is 5.82 Å². The fourth-order valence-electron chi connectivity index (χ4n) is 0.708. The van der Waals surface area contributed by atoms with E-state index in [0.29, 0.717) is 11.4 Å². The highest BCUT2D eigenvalue weighted by Gasteiger charge is 1.96. The van der Waals surface area contributed by atoms with Gasteiger partial charge in [-0.1, -0.05) is 0 Å². The molecular formula is C10H16N2O2. The van der Waals surface area contributed by atoms with Gasteiger partial charge < -0.3 is 4.74 Å². The molecule has 0 fully saturated rings. The minimum atomic E-state index is 0.561. The molecule has 1 heterocycles. The molecule has 0 N–H and O–H groups in total. The van der Waals surface area contributed by atoms with E-state index in [2.05, 4.69) is 14.7 Å². The summed E-state index contributed by atoms with van der Waals surface area (Å²) in [6, 6.07) is 0. The second kappa shape index (κ2) is 7.15. The molecule has 0 amide bonds. The van der Waals surface area contributed by atoms with E-state index in [1.165, 1.54) is 6.20 Å². The van der Waals surface area contributed by atoms with Crippen LogP contribution in [0.5, 0.6) is 0 Å². The summed E-state index contributed by atoms with van der Waals surface area (Å²) in [5.41, 5.74) is 1.30. The van der Waals surface area contributed by atoms with E-state index < -0.39 is 0 Å². The molecule has 0 saturated carbocycles. The van der Waals surface area contributed by atoms with Crippen LogP contribution in [0, 0.1) is 13.8 Å². The van der Waals surface area contributed by atoms with Crippen molar-refractivity contribution in [1.82, 2.24) is 9.97 Å². The molecule has 4 heteroatoms. The lowest BCUT2D eigenvalue weighted by atomic mass is 10.3. The van der Waals surface area contributed by atoms with Crippen LogP contribution >= 0.6 is 0 Å². The topological polar surface area (TPSA) is 52.1 Å². The lowest BCUT2D eigenvalue weighted by Gasteiger charge is -1.95. The molecule has 0 atom stereocenters. The maximum atomic E-state index is 10.3. The Morgan fingerprint density at radius 1 is 1.50 bits per heavy atom. The summed E-state index contributed by atoms with van der Waals surface area (Å²) < 4.78 is 4.54. The van der Waals surface area contributed by atoms with Crippen LogP contribution in [0.15, 0.2) is 6.20 Å². The van der Waals surface area contributed by atoms with Crippen LogP contribution in [0.3, 0.4) is 0 Å². The van der Waals surface area contributed by atoms with Gasteiger partial charge in [0, 0.05) is 19.9 Å². The Balaban J connectivity index is 0.000000364. The Bertz CT molecular complexity index is 285. The molecule has 0 unspecified atom stereocenters. The van der Waals surface area contributed by atoms with Gasteiger partial charge in [0.15, 0.2) is 6.29 Å². The summed E-state index contributed by atoms with van der Waals surface area (Å²) >= 11 is 0. The Morgan fingerprint density at radius 2 is 2.07 bits per heavy atom. The molecule has 0 bridgehead atoms. The van der Waals surface area contributed by atoms with E-state index in [1.807, 2.05) is 6.92 Å². The van der Waals surface area contributed by atoms with Crippen LogP contribution in [-0.2, 0) is 4.74 Å². The molecule has 1 aromatic heterocycles. The smallest absolute Gasteiger partial charge is 0.153 e. The lowest BCUT2D eigenvalue weighted by molar-refractivity contribution is 0.112. The van der Waals surface area contributed by atoms with Crippen LogP contribution in [0.25, 0.3) is 0 Å². The van der Waals surface area contributed by atoms with Gasteiger partial charge in [-0.3, -0.25) is 4.79 Å². The summed E-state index contributed by atoms with van der Waals surface area (Å²) in [6.07, 6.45) is 2.29. The molecular weight excluding hydrogens is 180 g/mol. The first kappa shape index (κ1) is 12.7. The molecule has 0 saturated heterocycles. The van der Waals surface area contributed by atoms with Crippen molar-refractivity contribution in [3.8, 4) is 0 Å². The number of aldehydes is 1. The van der Waals surface area contributed by atoms with Crippen molar-refractivity contribution < 1.29 is 9.53 Å². The van der Waals surface area contributed by atoms with Crippen molar-refractivity contribution in [2.45, 2.75) is 20.8 Å². The minimum Gasteiger partial charge on any atom is -0.385 e. The Labute approximate surface area is 84.3 Å². The summed E-state index contributed by atoms with van der Waals surface area (Å²) in [6.45, 7) is 6.36. The van der Waals surface area contributed by atoms with Crippen LogP contribution < -0.4 is 0 Å². The van der Waals surface area contributed by atoms with Crippen molar-refractivity contribution in [3.05, 3.63) is 23.3 Å². The predicted octanol–water partition coefficient (Wildman–Crippen LogP) is 1.56. The Morgan fingerprint density at radius 3 is 2.43 bits per heavy atom. The molecule has 0 radical (unpaired) electrons. The highest BCUT2D eigenvalue weighted by Crippen LogP contribution is 1.98. The van der Waals surface area contributed by atoms with Gasteiger partial charge in [-0.05, 0) is 20.8 Å². The summed E-state index contributed by atoms with van der Waals surface area (Å²) in [4.78, 5) is 18.1. The SMILES string of the molecule is CCOC.Cc1ncc(C=O)c(C)n1. The first-order chi connectivity index (χ1) is 6.65.